The van der Waals surface area contributed by atoms with Crippen molar-refractivity contribution in [2.24, 2.45) is 52.6 Å². The monoisotopic (exact) mass is 439 g/mol. The van der Waals surface area contributed by atoms with E-state index in [0.717, 1.165) is 48.5 Å². The minimum absolute atomic E-state index is 0.00744. The maximum Gasteiger partial charge on any atom is 0.123 e. The van der Waals surface area contributed by atoms with E-state index < -0.39 is 0 Å². The molecule has 3 N–H and O–H groups in total. The molecule has 0 amide bonds. The van der Waals surface area contributed by atoms with Gasteiger partial charge in [0.25, 0.3) is 0 Å². The Morgan fingerprint density at radius 1 is 1.19 bits per heavy atom. The van der Waals surface area contributed by atoms with Crippen LogP contribution in [0, 0.1) is 52.7 Å². The minimum Gasteiger partial charge on any atom is -0.396 e. The molecule has 2 fully saturated rings. The fraction of sp³-hybridized carbons (Fsp3) is 0.667. The third kappa shape index (κ3) is 3.35. The summed E-state index contributed by atoms with van der Waals surface area (Å²) in [4.78, 5) is 0. The summed E-state index contributed by atoms with van der Waals surface area (Å²) in [6.45, 7) is 8.23. The van der Waals surface area contributed by atoms with Crippen LogP contribution in [0.25, 0.3) is 5.69 Å². The van der Waals surface area contributed by atoms with Gasteiger partial charge in [-0.1, -0.05) is 27.2 Å². The molecule has 0 spiro atoms. The van der Waals surface area contributed by atoms with Gasteiger partial charge in [-0.3, -0.25) is 0 Å². The highest BCUT2D eigenvalue weighted by Crippen LogP contribution is 2.59. The zero-order valence-corrected chi connectivity index (χ0v) is 19.7. The highest BCUT2D eigenvalue weighted by Gasteiger charge is 2.55. The van der Waals surface area contributed by atoms with Crippen molar-refractivity contribution in [3.8, 4) is 5.69 Å². The summed E-state index contributed by atoms with van der Waals surface area (Å²) in [5.74, 6) is 4.03. The van der Waals surface area contributed by atoms with E-state index >= 15 is 0 Å². The third-order valence-electron chi connectivity index (χ3n) is 9.77. The molecule has 3 aliphatic rings. The van der Waals surface area contributed by atoms with Gasteiger partial charge in [0.05, 0.1) is 11.9 Å². The molecular weight excluding hydrogens is 401 g/mol. The van der Waals surface area contributed by atoms with Crippen molar-refractivity contribution in [2.45, 2.75) is 52.9 Å². The molecule has 2 aromatic rings. The molecule has 1 aromatic carbocycles. The molecule has 32 heavy (non-hydrogen) atoms. The Morgan fingerprint density at radius 2 is 1.94 bits per heavy atom. The van der Waals surface area contributed by atoms with Crippen LogP contribution in [0.2, 0.25) is 0 Å². The number of nitrogens with two attached hydrogens (primary N) is 1. The van der Waals surface area contributed by atoms with Gasteiger partial charge in [-0.2, -0.15) is 5.10 Å². The summed E-state index contributed by atoms with van der Waals surface area (Å²) in [7, 11) is 0. The predicted octanol–water partition coefficient (Wildman–Crippen LogP) is 4.62. The zero-order chi connectivity index (χ0) is 22.6. The SMILES string of the molecule is C[C@@H]1C[C@H]([C@@]2(C)Cc3cnn(-c4ccc(F)cc4)c3C[C@@H]2CO)[C@@H](CN)[C@H]2CC[C@H](C)[C@@H]21. The fourth-order valence-corrected chi connectivity index (χ4v) is 8.18. The fourth-order valence-electron chi connectivity index (χ4n) is 8.18. The largest absolute Gasteiger partial charge is 0.396 e. The lowest BCUT2D eigenvalue weighted by Crippen LogP contribution is -2.53. The quantitative estimate of drug-likeness (QED) is 0.731. The lowest BCUT2D eigenvalue weighted by Gasteiger charge is -2.55. The Balaban J connectivity index is 1.49. The van der Waals surface area contributed by atoms with Crippen molar-refractivity contribution >= 4 is 0 Å². The summed E-state index contributed by atoms with van der Waals surface area (Å²) in [5, 5.41) is 15.2. The van der Waals surface area contributed by atoms with Crippen LogP contribution < -0.4 is 5.73 Å². The second-order valence-corrected chi connectivity index (χ2v) is 11.3. The first-order chi connectivity index (χ1) is 15.4. The first-order valence-corrected chi connectivity index (χ1v) is 12.5. The second kappa shape index (κ2) is 8.25. The van der Waals surface area contributed by atoms with Crippen molar-refractivity contribution in [2.75, 3.05) is 13.2 Å². The smallest absolute Gasteiger partial charge is 0.123 e. The maximum absolute atomic E-state index is 13.4. The summed E-state index contributed by atoms with van der Waals surface area (Å²) < 4.78 is 15.4. The first kappa shape index (κ1) is 22.1. The summed E-state index contributed by atoms with van der Waals surface area (Å²) in [6.07, 6.45) is 7.57. The van der Waals surface area contributed by atoms with Crippen LogP contribution in [0.4, 0.5) is 4.39 Å². The average molecular weight is 440 g/mol. The van der Waals surface area contributed by atoms with Crippen LogP contribution in [0.3, 0.4) is 0 Å². The van der Waals surface area contributed by atoms with Gasteiger partial charge in [0, 0.05) is 12.3 Å². The molecular formula is C27H38FN3O. The molecule has 0 radical (unpaired) electrons. The molecule has 174 valence electrons. The lowest BCUT2D eigenvalue weighted by molar-refractivity contribution is -0.0607. The van der Waals surface area contributed by atoms with E-state index in [1.54, 1.807) is 12.1 Å². The van der Waals surface area contributed by atoms with E-state index in [2.05, 4.69) is 25.9 Å². The lowest BCUT2D eigenvalue weighted by atomic mass is 9.50. The molecule has 0 aliphatic heterocycles. The van der Waals surface area contributed by atoms with Gasteiger partial charge in [-0.25, -0.2) is 9.07 Å². The minimum atomic E-state index is -0.241. The molecule has 5 rings (SSSR count). The Kier molecular flexibility index (Phi) is 5.69. The number of hydrogen-bond donors (Lipinski definition) is 2. The second-order valence-electron chi connectivity index (χ2n) is 11.3. The molecule has 2 saturated carbocycles. The van der Waals surface area contributed by atoms with E-state index in [9.17, 15) is 9.50 Å². The van der Waals surface area contributed by atoms with Crippen LogP contribution in [-0.2, 0) is 12.8 Å². The van der Waals surface area contributed by atoms with Gasteiger partial charge in [0.2, 0.25) is 0 Å². The number of aliphatic hydroxyl groups is 1. The van der Waals surface area contributed by atoms with Crippen LogP contribution in [0.1, 0.15) is 51.3 Å². The zero-order valence-electron chi connectivity index (χ0n) is 19.7. The van der Waals surface area contributed by atoms with Gasteiger partial charge in [0.15, 0.2) is 0 Å². The van der Waals surface area contributed by atoms with Crippen LogP contribution in [0.5, 0.6) is 0 Å². The van der Waals surface area contributed by atoms with Crippen molar-refractivity contribution in [1.82, 2.24) is 9.78 Å². The maximum atomic E-state index is 13.4. The van der Waals surface area contributed by atoms with Crippen molar-refractivity contribution < 1.29 is 9.50 Å². The molecule has 8 atom stereocenters. The molecule has 1 heterocycles. The number of aliphatic hydroxyl groups excluding tert-OH is 1. The highest BCUT2D eigenvalue weighted by molar-refractivity contribution is 5.37. The standard InChI is InChI=1S/C27H38FN3O/c1-16-4-9-22-23(13-29)24(10-17(2)26(16)22)27(3)12-18-14-30-31(25(18)11-19(27)15-32)21-7-5-20(28)6-8-21/h5-8,14,16-17,19,22-24,26,32H,4,9-13,15,29H2,1-3H3/t16-,17+,19+,22+,23-,24-,26+,27-/m0/s1. The summed E-state index contributed by atoms with van der Waals surface area (Å²) in [5.41, 5.74) is 9.79. The van der Waals surface area contributed by atoms with Crippen molar-refractivity contribution in [3.63, 3.8) is 0 Å². The molecule has 4 nitrogen and oxygen atoms in total. The predicted molar refractivity (Wildman–Crippen MR) is 125 cm³/mol. The van der Waals surface area contributed by atoms with Gasteiger partial charge in [0.1, 0.15) is 5.82 Å². The number of halogens is 1. The normalized spacial score (nSPS) is 39.0. The Labute approximate surface area is 191 Å². The molecule has 0 unspecified atom stereocenters. The first-order valence-electron chi connectivity index (χ1n) is 12.5. The van der Waals surface area contributed by atoms with E-state index in [1.807, 2.05) is 10.9 Å². The molecule has 0 bridgehead atoms. The van der Waals surface area contributed by atoms with E-state index in [1.165, 1.54) is 37.0 Å². The number of hydrogen-bond acceptors (Lipinski definition) is 3. The Morgan fingerprint density at radius 3 is 2.62 bits per heavy atom. The Bertz CT molecular complexity index is 956. The summed E-state index contributed by atoms with van der Waals surface area (Å²) >= 11 is 0. The number of fused-ring (bicyclic) bond motifs is 2. The van der Waals surface area contributed by atoms with Gasteiger partial charge in [-0.15, -0.1) is 0 Å². The number of aromatic nitrogens is 2. The van der Waals surface area contributed by atoms with Gasteiger partial charge in [-0.05, 0) is 109 Å². The molecule has 0 saturated heterocycles. The molecule has 1 aromatic heterocycles. The molecule has 3 aliphatic carbocycles. The van der Waals surface area contributed by atoms with E-state index in [0.29, 0.717) is 17.8 Å². The van der Waals surface area contributed by atoms with Crippen molar-refractivity contribution in [3.05, 3.63) is 47.5 Å². The van der Waals surface area contributed by atoms with Crippen LogP contribution in [-0.4, -0.2) is 28.0 Å². The number of nitrogens with zero attached hydrogens (tertiary/aromatic N) is 2. The van der Waals surface area contributed by atoms with E-state index in [4.69, 9.17) is 5.73 Å². The Hall–Kier alpha value is -1.72. The van der Waals surface area contributed by atoms with Gasteiger partial charge < -0.3 is 10.8 Å². The average Bonchev–Trinajstić information content (AvgIpc) is 3.37. The highest BCUT2D eigenvalue weighted by atomic mass is 19.1. The van der Waals surface area contributed by atoms with Crippen molar-refractivity contribution in [1.29, 1.82) is 0 Å². The van der Waals surface area contributed by atoms with Gasteiger partial charge >= 0.3 is 0 Å². The van der Waals surface area contributed by atoms with Crippen LogP contribution >= 0.6 is 0 Å². The topological polar surface area (TPSA) is 64.1 Å². The number of rotatable bonds is 4. The third-order valence-corrected chi connectivity index (χ3v) is 9.77. The van der Waals surface area contributed by atoms with E-state index in [-0.39, 0.29) is 23.8 Å². The van der Waals surface area contributed by atoms with Crippen LogP contribution in [0.15, 0.2) is 30.5 Å². The summed E-state index contributed by atoms with van der Waals surface area (Å²) in [6, 6.07) is 6.51. The molecule has 5 heteroatoms. The number of benzene rings is 1.